The second kappa shape index (κ2) is 4.19. The number of nitriles is 1. The highest BCUT2D eigenvalue weighted by Gasteiger charge is 2.16. The molecular weight excluding hydrogens is 200 g/mol. The van der Waals surface area contributed by atoms with Crippen molar-refractivity contribution in [3.8, 4) is 17.5 Å². The predicted molar refractivity (Wildman–Crippen MR) is 60.7 cm³/mol. The van der Waals surface area contributed by atoms with Gasteiger partial charge in [-0.25, -0.2) is 4.98 Å². The van der Waals surface area contributed by atoms with E-state index in [0.717, 1.165) is 11.3 Å². The fraction of sp³-hybridized carbons (Fsp3) is 0.231. The molecule has 2 rings (SSSR count). The van der Waals surface area contributed by atoms with Crippen LogP contribution in [0.4, 0.5) is 0 Å². The van der Waals surface area contributed by atoms with Crippen LogP contribution >= 0.6 is 0 Å². The van der Waals surface area contributed by atoms with Crippen LogP contribution < -0.4 is 0 Å². The van der Waals surface area contributed by atoms with Crippen LogP contribution in [0.25, 0.3) is 11.5 Å². The number of nitrogens with zero attached hydrogens (tertiary/aromatic N) is 2. The Morgan fingerprint density at radius 1 is 1.31 bits per heavy atom. The quantitative estimate of drug-likeness (QED) is 0.767. The molecule has 16 heavy (non-hydrogen) atoms. The van der Waals surface area contributed by atoms with Gasteiger partial charge >= 0.3 is 0 Å². The highest BCUT2D eigenvalue weighted by molar-refractivity contribution is 5.53. The van der Waals surface area contributed by atoms with Crippen LogP contribution in [0.15, 0.2) is 34.7 Å². The van der Waals surface area contributed by atoms with Gasteiger partial charge in [0.15, 0.2) is 0 Å². The van der Waals surface area contributed by atoms with E-state index in [1.807, 2.05) is 44.2 Å². The van der Waals surface area contributed by atoms with Gasteiger partial charge < -0.3 is 4.42 Å². The molecule has 0 aliphatic carbocycles. The van der Waals surface area contributed by atoms with E-state index in [-0.39, 0.29) is 5.92 Å². The first-order valence-corrected chi connectivity index (χ1v) is 5.14. The fourth-order valence-electron chi connectivity index (χ4n) is 1.58. The van der Waals surface area contributed by atoms with E-state index in [9.17, 15) is 0 Å². The molecule has 0 aliphatic heterocycles. The van der Waals surface area contributed by atoms with E-state index >= 15 is 0 Å². The van der Waals surface area contributed by atoms with Crippen LogP contribution in [0.2, 0.25) is 0 Å². The van der Waals surface area contributed by atoms with Crippen molar-refractivity contribution in [2.75, 3.05) is 0 Å². The molecule has 0 radical (unpaired) electrons. The third kappa shape index (κ3) is 1.82. The van der Waals surface area contributed by atoms with Gasteiger partial charge in [0.1, 0.15) is 5.76 Å². The lowest BCUT2D eigenvalue weighted by atomic mass is 10.1. The number of hydrogen-bond donors (Lipinski definition) is 0. The lowest BCUT2D eigenvalue weighted by molar-refractivity contribution is 0.538. The van der Waals surface area contributed by atoms with E-state index in [4.69, 9.17) is 9.68 Å². The maximum Gasteiger partial charge on any atom is 0.226 e. The first-order valence-electron chi connectivity index (χ1n) is 5.14. The van der Waals surface area contributed by atoms with Crippen molar-refractivity contribution in [1.29, 1.82) is 5.26 Å². The molecular formula is C13H12N2O. The molecule has 0 N–H and O–H groups in total. The summed E-state index contributed by atoms with van der Waals surface area (Å²) >= 11 is 0. The summed E-state index contributed by atoms with van der Waals surface area (Å²) in [5.41, 5.74) is 1.66. The monoisotopic (exact) mass is 212 g/mol. The van der Waals surface area contributed by atoms with Gasteiger partial charge in [0.05, 0.1) is 17.7 Å². The van der Waals surface area contributed by atoms with Gasteiger partial charge in [0.25, 0.3) is 0 Å². The Balaban J connectivity index is 2.43. The van der Waals surface area contributed by atoms with Crippen molar-refractivity contribution in [2.24, 2.45) is 0 Å². The number of hydrogen-bond acceptors (Lipinski definition) is 3. The van der Waals surface area contributed by atoms with Crippen LogP contribution in [0.1, 0.15) is 24.3 Å². The Kier molecular flexibility index (Phi) is 2.74. The van der Waals surface area contributed by atoms with E-state index in [1.165, 1.54) is 0 Å². The number of aromatic nitrogens is 1. The topological polar surface area (TPSA) is 49.8 Å². The normalized spacial score (nSPS) is 12.1. The molecule has 1 aromatic heterocycles. The van der Waals surface area contributed by atoms with Crippen LogP contribution in [0.3, 0.4) is 0 Å². The summed E-state index contributed by atoms with van der Waals surface area (Å²) in [4.78, 5) is 4.36. The van der Waals surface area contributed by atoms with Gasteiger partial charge in [0, 0.05) is 5.56 Å². The summed E-state index contributed by atoms with van der Waals surface area (Å²) in [6.07, 6.45) is 0. The third-order valence-electron chi connectivity index (χ3n) is 2.46. The summed E-state index contributed by atoms with van der Waals surface area (Å²) in [6.45, 7) is 3.66. The zero-order valence-corrected chi connectivity index (χ0v) is 9.27. The van der Waals surface area contributed by atoms with Crippen LogP contribution in [0, 0.1) is 18.3 Å². The molecule has 0 aliphatic rings. The second-order valence-electron chi connectivity index (χ2n) is 3.68. The van der Waals surface area contributed by atoms with Gasteiger partial charge in [-0.1, -0.05) is 18.2 Å². The summed E-state index contributed by atoms with van der Waals surface area (Å²) in [5, 5.41) is 8.86. The average molecular weight is 212 g/mol. The van der Waals surface area contributed by atoms with E-state index in [2.05, 4.69) is 11.1 Å². The zero-order chi connectivity index (χ0) is 11.5. The summed E-state index contributed by atoms with van der Waals surface area (Å²) in [6, 6.07) is 11.8. The van der Waals surface area contributed by atoms with Crippen molar-refractivity contribution in [3.05, 3.63) is 41.8 Å². The van der Waals surface area contributed by atoms with Crippen molar-refractivity contribution in [3.63, 3.8) is 0 Å². The van der Waals surface area contributed by atoms with Crippen LogP contribution in [0.5, 0.6) is 0 Å². The first kappa shape index (κ1) is 10.4. The Hall–Kier alpha value is -2.08. The van der Waals surface area contributed by atoms with E-state index < -0.39 is 0 Å². The first-order chi connectivity index (χ1) is 7.72. The van der Waals surface area contributed by atoms with Crippen molar-refractivity contribution in [1.82, 2.24) is 4.98 Å². The number of benzene rings is 1. The predicted octanol–water partition coefficient (Wildman–Crippen LogP) is 3.28. The molecule has 0 spiro atoms. The number of oxazole rings is 1. The SMILES string of the molecule is Cc1oc(-c2ccccc2)nc1C(C)C#N. The van der Waals surface area contributed by atoms with Gasteiger partial charge in [0.2, 0.25) is 5.89 Å². The van der Waals surface area contributed by atoms with Gasteiger partial charge in [-0.2, -0.15) is 5.26 Å². The van der Waals surface area contributed by atoms with E-state index in [1.54, 1.807) is 0 Å². The Morgan fingerprint density at radius 3 is 2.62 bits per heavy atom. The van der Waals surface area contributed by atoms with Crippen LogP contribution in [-0.4, -0.2) is 4.98 Å². The summed E-state index contributed by atoms with van der Waals surface area (Å²) in [7, 11) is 0. The highest BCUT2D eigenvalue weighted by atomic mass is 16.4. The lowest BCUT2D eigenvalue weighted by Crippen LogP contribution is -1.91. The average Bonchev–Trinajstić information content (AvgIpc) is 2.71. The Bertz CT molecular complexity index is 523. The van der Waals surface area contributed by atoms with Gasteiger partial charge in [-0.05, 0) is 26.0 Å². The molecule has 0 saturated heterocycles. The zero-order valence-electron chi connectivity index (χ0n) is 9.27. The van der Waals surface area contributed by atoms with Crippen molar-refractivity contribution < 1.29 is 4.42 Å². The Labute approximate surface area is 94.4 Å². The lowest BCUT2D eigenvalue weighted by Gasteiger charge is -1.95. The minimum absolute atomic E-state index is 0.235. The molecule has 1 heterocycles. The van der Waals surface area contributed by atoms with Crippen LogP contribution in [-0.2, 0) is 0 Å². The smallest absolute Gasteiger partial charge is 0.226 e. The molecule has 0 fully saturated rings. The molecule has 1 aromatic carbocycles. The molecule has 0 bridgehead atoms. The van der Waals surface area contributed by atoms with Crippen molar-refractivity contribution >= 4 is 0 Å². The second-order valence-corrected chi connectivity index (χ2v) is 3.68. The minimum Gasteiger partial charge on any atom is -0.441 e. The third-order valence-corrected chi connectivity index (χ3v) is 2.46. The molecule has 1 atom stereocenters. The Morgan fingerprint density at radius 2 is 2.00 bits per heavy atom. The number of aryl methyl sites for hydroxylation is 1. The molecule has 1 unspecified atom stereocenters. The molecule has 2 aromatic rings. The highest BCUT2D eigenvalue weighted by Crippen LogP contribution is 2.25. The summed E-state index contributed by atoms with van der Waals surface area (Å²) in [5.74, 6) is 1.06. The van der Waals surface area contributed by atoms with Crippen molar-refractivity contribution in [2.45, 2.75) is 19.8 Å². The summed E-state index contributed by atoms with van der Waals surface area (Å²) < 4.78 is 5.56. The molecule has 0 amide bonds. The molecule has 80 valence electrons. The maximum absolute atomic E-state index is 8.86. The minimum atomic E-state index is -0.235. The molecule has 3 nitrogen and oxygen atoms in total. The van der Waals surface area contributed by atoms with Gasteiger partial charge in [-0.3, -0.25) is 0 Å². The molecule has 0 saturated carbocycles. The standard InChI is InChI=1S/C13H12N2O/c1-9(8-14)12-10(2)16-13(15-12)11-6-4-3-5-7-11/h3-7,9H,1-2H3. The van der Waals surface area contributed by atoms with E-state index in [0.29, 0.717) is 11.7 Å². The maximum atomic E-state index is 8.86. The molecule has 3 heteroatoms. The largest absolute Gasteiger partial charge is 0.441 e. The number of rotatable bonds is 2. The fourth-order valence-corrected chi connectivity index (χ4v) is 1.58. The van der Waals surface area contributed by atoms with Gasteiger partial charge in [-0.15, -0.1) is 0 Å².